The Labute approximate surface area is 188 Å². The van der Waals surface area contributed by atoms with Gasteiger partial charge in [0.1, 0.15) is 0 Å². The van der Waals surface area contributed by atoms with Crippen LogP contribution in [0.25, 0.3) is 10.9 Å². The summed E-state index contributed by atoms with van der Waals surface area (Å²) in [7, 11) is 0. The Hall–Kier alpha value is -1.37. The van der Waals surface area contributed by atoms with E-state index in [1.807, 2.05) is 29.0 Å². The first-order valence-electron chi connectivity index (χ1n) is 11.2. The summed E-state index contributed by atoms with van der Waals surface area (Å²) in [5, 5.41) is 14.0. The zero-order valence-electron chi connectivity index (χ0n) is 18.4. The van der Waals surface area contributed by atoms with Crippen molar-refractivity contribution in [1.82, 2.24) is 4.57 Å². The summed E-state index contributed by atoms with van der Waals surface area (Å²) in [5.74, 6) is 0.561. The van der Waals surface area contributed by atoms with E-state index >= 15 is 0 Å². The predicted molar refractivity (Wildman–Crippen MR) is 126 cm³/mol. The molecule has 1 aromatic carbocycles. The number of aromatic nitrogens is 1. The lowest BCUT2D eigenvalue weighted by Crippen LogP contribution is -2.50. The van der Waals surface area contributed by atoms with E-state index in [2.05, 4.69) is 35.1 Å². The Balaban J connectivity index is 1.77. The van der Waals surface area contributed by atoms with Crippen molar-refractivity contribution in [3.8, 4) is 0 Å². The molecule has 5 nitrogen and oxygen atoms in total. The van der Waals surface area contributed by atoms with Crippen LogP contribution in [0.1, 0.15) is 59.3 Å². The SMILES string of the molecule is CCCCCC(CC)C1(CC(=O)Nc2cn(CC(C)O)c3cccc(Br)c23)COC1. The average molecular weight is 479 g/mol. The van der Waals surface area contributed by atoms with Gasteiger partial charge in [-0.2, -0.15) is 0 Å². The fourth-order valence-electron chi connectivity index (χ4n) is 4.78. The van der Waals surface area contributed by atoms with Crippen molar-refractivity contribution in [2.24, 2.45) is 11.3 Å². The van der Waals surface area contributed by atoms with E-state index < -0.39 is 6.10 Å². The van der Waals surface area contributed by atoms with Crippen LogP contribution >= 0.6 is 15.9 Å². The summed E-state index contributed by atoms with van der Waals surface area (Å²) in [6, 6.07) is 5.96. The summed E-state index contributed by atoms with van der Waals surface area (Å²) < 4.78 is 8.54. The van der Waals surface area contributed by atoms with Crippen LogP contribution in [0, 0.1) is 11.3 Å². The maximum Gasteiger partial charge on any atom is 0.225 e. The lowest BCUT2D eigenvalue weighted by Gasteiger charge is -2.47. The average Bonchev–Trinajstić information content (AvgIpc) is 3.00. The van der Waals surface area contributed by atoms with Gasteiger partial charge in [-0.25, -0.2) is 0 Å². The summed E-state index contributed by atoms with van der Waals surface area (Å²) in [4.78, 5) is 13.1. The van der Waals surface area contributed by atoms with Gasteiger partial charge in [0, 0.05) is 34.4 Å². The number of amides is 1. The number of anilines is 1. The second kappa shape index (κ2) is 10.3. The van der Waals surface area contributed by atoms with Crippen LogP contribution < -0.4 is 5.32 Å². The molecule has 0 saturated carbocycles. The van der Waals surface area contributed by atoms with Crippen LogP contribution in [0.2, 0.25) is 0 Å². The number of halogens is 1. The van der Waals surface area contributed by atoms with Crippen molar-refractivity contribution in [3.63, 3.8) is 0 Å². The van der Waals surface area contributed by atoms with E-state index in [0.717, 1.165) is 27.5 Å². The first-order valence-corrected chi connectivity index (χ1v) is 12.0. The smallest absolute Gasteiger partial charge is 0.225 e. The zero-order chi connectivity index (χ0) is 21.7. The van der Waals surface area contributed by atoms with E-state index in [1.165, 1.54) is 25.7 Å². The lowest BCUT2D eigenvalue weighted by molar-refractivity contribution is -0.160. The summed E-state index contributed by atoms with van der Waals surface area (Å²) >= 11 is 3.63. The highest BCUT2D eigenvalue weighted by atomic mass is 79.9. The highest BCUT2D eigenvalue weighted by Gasteiger charge is 2.45. The molecule has 6 heteroatoms. The number of unbranched alkanes of at least 4 members (excludes halogenated alkanes) is 2. The highest BCUT2D eigenvalue weighted by molar-refractivity contribution is 9.10. The van der Waals surface area contributed by atoms with Gasteiger partial charge in [0.15, 0.2) is 0 Å². The van der Waals surface area contributed by atoms with Gasteiger partial charge in [-0.3, -0.25) is 4.79 Å². The van der Waals surface area contributed by atoms with Crippen LogP contribution in [-0.2, 0) is 16.1 Å². The Morgan fingerprint density at radius 1 is 1.33 bits per heavy atom. The molecular formula is C24H35BrN2O3. The van der Waals surface area contributed by atoms with E-state index in [0.29, 0.717) is 32.1 Å². The lowest BCUT2D eigenvalue weighted by atomic mass is 9.68. The van der Waals surface area contributed by atoms with Crippen molar-refractivity contribution in [2.75, 3.05) is 18.5 Å². The molecule has 2 N–H and O–H groups in total. The van der Waals surface area contributed by atoms with Crippen LogP contribution in [0.5, 0.6) is 0 Å². The van der Waals surface area contributed by atoms with Gasteiger partial charge in [0.25, 0.3) is 0 Å². The van der Waals surface area contributed by atoms with Crippen LogP contribution in [0.15, 0.2) is 28.9 Å². The third-order valence-corrected chi connectivity index (χ3v) is 7.06. The molecule has 0 radical (unpaired) electrons. The Morgan fingerprint density at radius 3 is 2.70 bits per heavy atom. The fraction of sp³-hybridized carbons (Fsp3) is 0.625. The molecule has 30 heavy (non-hydrogen) atoms. The molecule has 1 aromatic heterocycles. The number of fused-ring (bicyclic) bond motifs is 1. The van der Waals surface area contributed by atoms with Gasteiger partial charge < -0.3 is 19.7 Å². The number of aliphatic hydroxyl groups excluding tert-OH is 1. The minimum absolute atomic E-state index is 0.0399. The maximum atomic E-state index is 13.1. The molecule has 1 amide bonds. The topological polar surface area (TPSA) is 63.5 Å². The fourth-order valence-corrected chi connectivity index (χ4v) is 5.35. The standard InChI is InChI=1S/C24H35BrN2O3/c1-4-6-7-9-18(5-2)24(15-30-16-24)12-22(29)26-20-14-27(13-17(3)28)21-11-8-10-19(25)23(20)21/h8,10-11,14,17-18,28H,4-7,9,12-13,15-16H2,1-3H3,(H,26,29). The molecule has 1 aliphatic heterocycles. The monoisotopic (exact) mass is 478 g/mol. The largest absolute Gasteiger partial charge is 0.392 e. The number of rotatable bonds is 11. The molecule has 1 fully saturated rings. The van der Waals surface area contributed by atoms with E-state index in [1.54, 1.807) is 6.92 Å². The van der Waals surface area contributed by atoms with Crippen molar-refractivity contribution in [3.05, 3.63) is 28.9 Å². The van der Waals surface area contributed by atoms with E-state index in [9.17, 15) is 9.90 Å². The van der Waals surface area contributed by atoms with Crippen molar-refractivity contribution < 1.29 is 14.6 Å². The number of nitrogens with one attached hydrogen (secondary N) is 1. The quantitative estimate of drug-likeness (QED) is 0.404. The number of ether oxygens (including phenoxy) is 1. The number of carbonyl (C=O) groups is 1. The number of aliphatic hydroxyl groups is 1. The molecule has 3 rings (SSSR count). The highest BCUT2D eigenvalue weighted by Crippen LogP contribution is 2.44. The molecule has 0 aliphatic carbocycles. The first kappa shape index (κ1) is 23.3. The van der Waals surface area contributed by atoms with Gasteiger partial charge in [0.05, 0.1) is 30.5 Å². The number of carbonyl (C=O) groups excluding carboxylic acids is 1. The molecule has 1 saturated heterocycles. The van der Waals surface area contributed by atoms with Gasteiger partial charge in [-0.15, -0.1) is 0 Å². The van der Waals surface area contributed by atoms with Gasteiger partial charge >= 0.3 is 0 Å². The summed E-state index contributed by atoms with van der Waals surface area (Å²) in [6.45, 7) is 8.07. The number of hydrogen-bond acceptors (Lipinski definition) is 3. The number of benzene rings is 1. The number of nitrogens with zero attached hydrogens (tertiary/aromatic N) is 1. The summed E-state index contributed by atoms with van der Waals surface area (Å²) in [6.07, 6.45) is 7.89. The molecular weight excluding hydrogens is 444 g/mol. The third-order valence-electron chi connectivity index (χ3n) is 6.40. The second-order valence-corrected chi connectivity index (χ2v) is 9.71. The van der Waals surface area contributed by atoms with Crippen molar-refractivity contribution in [2.45, 2.75) is 71.9 Å². The normalized spacial score (nSPS) is 17.5. The minimum Gasteiger partial charge on any atom is -0.392 e. The molecule has 2 heterocycles. The molecule has 2 unspecified atom stereocenters. The maximum absolute atomic E-state index is 13.1. The molecule has 1 aliphatic rings. The molecule has 0 bridgehead atoms. The first-order chi connectivity index (χ1) is 14.4. The third kappa shape index (κ3) is 5.09. The van der Waals surface area contributed by atoms with Crippen LogP contribution in [0.4, 0.5) is 5.69 Å². The Kier molecular flexibility index (Phi) is 7.99. The molecule has 2 aromatic rings. The van der Waals surface area contributed by atoms with Gasteiger partial charge in [-0.05, 0) is 31.4 Å². The Bertz CT molecular complexity index is 857. The molecule has 2 atom stereocenters. The van der Waals surface area contributed by atoms with Crippen molar-refractivity contribution >= 4 is 38.4 Å². The van der Waals surface area contributed by atoms with Gasteiger partial charge in [0.2, 0.25) is 5.91 Å². The molecule has 0 spiro atoms. The minimum atomic E-state index is -0.466. The van der Waals surface area contributed by atoms with E-state index in [-0.39, 0.29) is 11.3 Å². The molecule has 166 valence electrons. The number of hydrogen-bond donors (Lipinski definition) is 2. The van der Waals surface area contributed by atoms with E-state index in [4.69, 9.17) is 4.74 Å². The predicted octanol–water partition coefficient (Wildman–Crippen LogP) is 5.74. The van der Waals surface area contributed by atoms with Crippen LogP contribution in [0.3, 0.4) is 0 Å². The Morgan fingerprint density at radius 2 is 2.10 bits per heavy atom. The summed E-state index contributed by atoms with van der Waals surface area (Å²) in [5.41, 5.74) is 1.74. The van der Waals surface area contributed by atoms with Crippen molar-refractivity contribution in [1.29, 1.82) is 0 Å². The van der Waals surface area contributed by atoms with Crippen LogP contribution in [-0.4, -0.2) is 34.9 Å². The van der Waals surface area contributed by atoms with Gasteiger partial charge in [-0.1, -0.05) is 61.5 Å². The zero-order valence-corrected chi connectivity index (χ0v) is 20.0. The second-order valence-electron chi connectivity index (χ2n) is 8.86.